The molecule has 1 amide bonds. The van der Waals surface area contributed by atoms with Crippen LogP contribution in [0, 0.1) is 0 Å². The van der Waals surface area contributed by atoms with Gasteiger partial charge < -0.3 is 14.6 Å². The van der Waals surface area contributed by atoms with Crippen LogP contribution >= 0.6 is 0 Å². The van der Waals surface area contributed by atoms with E-state index in [0.717, 1.165) is 39.8 Å². The van der Waals surface area contributed by atoms with E-state index in [9.17, 15) is 4.79 Å². The average Bonchev–Trinajstić information content (AvgIpc) is 3.57. The number of rotatable bonds is 10. The highest BCUT2D eigenvalue weighted by atomic mass is 16.5. The predicted octanol–water partition coefficient (Wildman–Crippen LogP) is 6.04. The summed E-state index contributed by atoms with van der Waals surface area (Å²) in [5.74, 6) is 0.930. The molecule has 2 N–H and O–H groups in total. The minimum absolute atomic E-state index is 0.215. The summed E-state index contributed by atoms with van der Waals surface area (Å²) in [6.07, 6.45) is 7.41. The van der Waals surface area contributed by atoms with E-state index >= 15 is 0 Å². The summed E-state index contributed by atoms with van der Waals surface area (Å²) in [5.41, 5.74) is 3.90. The minimum Gasteiger partial charge on any atom is -0.494 e. The van der Waals surface area contributed by atoms with Gasteiger partial charge in [0.05, 0.1) is 17.7 Å². The van der Waals surface area contributed by atoms with Gasteiger partial charge in [0.1, 0.15) is 5.75 Å². The van der Waals surface area contributed by atoms with E-state index in [0.29, 0.717) is 24.4 Å². The van der Waals surface area contributed by atoms with Crippen LogP contribution in [0.4, 0.5) is 0 Å². The maximum Gasteiger partial charge on any atom is 0.256 e. The second kappa shape index (κ2) is 10.8. The summed E-state index contributed by atoms with van der Waals surface area (Å²) in [7, 11) is 0. The maximum absolute atomic E-state index is 13.7. The molecule has 0 unspecified atom stereocenters. The standard InChI is InChI=1S/C30H36N6O2/c1-5-6-7-10-17-38-22-15-13-21(14-16-22)30(4)18-24(27(29(37)31-30)28-32-34-35-33-28)25-19-36(20(2)3)26-12-9-8-11-23(25)26/h8-9,11-16,19-20H,5-7,10,17-18H2,1-4H3,(H,31,37)(H,32,33,34,35)/t30-/m0/s1. The third kappa shape index (κ3) is 4.95. The highest BCUT2D eigenvalue weighted by Gasteiger charge is 2.40. The topological polar surface area (TPSA) is 97.7 Å². The molecule has 0 fully saturated rings. The largest absolute Gasteiger partial charge is 0.494 e. The van der Waals surface area contributed by atoms with Crippen molar-refractivity contribution in [3.05, 3.63) is 71.7 Å². The lowest BCUT2D eigenvalue weighted by atomic mass is 9.78. The first-order chi connectivity index (χ1) is 18.4. The number of carbonyl (C=O) groups is 1. The van der Waals surface area contributed by atoms with Crippen molar-refractivity contribution in [1.29, 1.82) is 0 Å². The summed E-state index contributed by atoms with van der Waals surface area (Å²) in [6.45, 7) is 9.32. The Bertz CT molecular complexity index is 1440. The number of unbranched alkanes of at least 4 members (excludes halogenated alkanes) is 3. The Morgan fingerprint density at radius 3 is 2.58 bits per heavy atom. The summed E-state index contributed by atoms with van der Waals surface area (Å²) in [5, 5.41) is 18.9. The summed E-state index contributed by atoms with van der Waals surface area (Å²) in [6, 6.07) is 16.7. The molecule has 2 aromatic heterocycles. The first-order valence-corrected chi connectivity index (χ1v) is 13.5. The number of hydrogen-bond donors (Lipinski definition) is 2. The number of H-pyrrole nitrogens is 1. The van der Waals surface area contributed by atoms with Crippen molar-refractivity contribution in [3.63, 3.8) is 0 Å². The van der Waals surface area contributed by atoms with Crippen molar-refractivity contribution in [2.45, 2.75) is 71.4 Å². The zero-order valence-electron chi connectivity index (χ0n) is 22.6. The number of amides is 1. The number of para-hydroxylation sites is 1. The number of ether oxygens (including phenoxy) is 1. The summed E-state index contributed by atoms with van der Waals surface area (Å²) >= 11 is 0. The molecule has 8 heteroatoms. The van der Waals surface area contributed by atoms with Crippen LogP contribution in [0.3, 0.4) is 0 Å². The van der Waals surface area contributed by atoms with Crippen LogP contribution in [0.15, 0.2) is 54.7 Å². The Labute approximate surface area is 223 Å². The Kier molecular flexibility index (Phi) is 7.31. The Morgan fingerprint density at radius 1 is 1.08 bits per heavy atom. The second-order valence-corrected chi connectivity index (χ2v) is 10.5. The van der Waals surface area contributed by atoms with Gasteiger partial charge in [-0.15, -0.1) is 10.2 Å². The number of benzene rings is 2. The average molecular weight is 513 g/mol. The lowest BCUT2D eigenvalue weighted by Gasteiger charge is -2.37. The first kappa shape index (κ1) is 25.7. The smallest absolute Gasteiger partial charge is 0.256 e. The highest BCUT2D eigenvalue weighted by molar-refractivity contribution is 6.28. The Morgan fingerprint density at radius 2 is 1.87 bits per heavy atom. The molecule has 1 aliphatic rings. The van der Waals surface area contributed by atoms with Gasteiger partial charge in [-0.3, -0.25) is 4.79 Å². The Hall–Kier alpha value is -3.94. The summed E-state index contributed by atoms with van der Waals surface area (Å²) < 4.78 is 8.20. The molecule has 0 aliphatic carbocycles. The van der Waals surface area contributed by atoms with Crippen molar-refractivity contribution >= 4 is 28.0 Å². The second-order valence-electron chi connectivity index (χ2n) is 10.5. The third-order valence-electron chi connectivity index (χ3n) is 7.40. The van der Waals surface area contributed by atoms with E-state index in [2.05, 4.69) is 88.7 Å². The van der Waals surface area contributed by atoms with E-state index in [4.69, 9.17) is 4.74 Å². The molecule has 5 rings (SSSR count). The predicted molar refractivity (Wildman–Crippen MR) is 150 cm³/mol. The van der Waals surface area contributed by atoms with Gasteiger partial charge in [-0.2, -0.15) is 5.21 Å². The van der Waals surface area contributed by atoms with Gasteiger partial charge in [0.25, 0.3) is 5.91 Å². The number of aromatic nitrogens is 5. The quantitative estimate of drug-likeness (QED) is 0.253. The van der Waals surface area contributed by atoms with E-state index in [1.54, 1.807) is 0 Å². The molecule has 4 aromatic rings. The minimum atomic E-state index is -0.625. The number of fused-ring (bicyclic) bond motifs is 1. The molecule has 0 radical (unpaired) electrons. The van der Waals surface area contributed by atoms with Gasteiger partial charge in [0.2, 0.25) is 5.82 Å². The maximum atomic E-state index is 13.7. The van der Waals surface area contributed by atoms with Crippen molar-refractivity contribution in [3.8, 4) is 5.75 Å². The lowest BCUT2D eigenvalue weighted by Crippen LogP contribution is -2.47. The van der Waals surface area contributed by atoms with E-state index in [1.165, 1.54) is 19.3 Å². The van der Waals surface area contributed by atoms with Crippen molar-refractivity contribution in [1.82, 2.24) is 30.5 Å². The van der Waals surface area contributed by atoms with Crippen molar-refractivity contribution in [2.24, 2.45) is 0 Å². The summed E-state index contributed by atoms with van der Waals surface area (Å²) in [4.78, 5) is 13.7. The zero-order chi connectivity index (χ0) is 26.7. The van der Waals surface area contributed by atoms with Crippen LogP contribution in [0.2, 0.25) is 0 Å². The van der Waals surface area contributed by atoms with Gasteiger partial charge in [-0.1, -0.05) is 56.5 Å². The number of nitrogens with zero attached hydrogens (tertiary/aromatic N) is 4. The van der Waals surface area contributed by atoms with Gasteiger partial charge in [-0.05, 0) is 61.7 Å². The van der Waals surface area contributed by atoms with Gasteiger partial charge in [0.15, 0.2) is 0 Å². The number of tetrazole rings is 1. The first-order valence-electron chi connectivity index (χ1n) is 13.5. The molecule has 0 saturated heterocycles. The third-order valence-corrected chi connectivity index (χ3v) is 7.40. The fraction of sp³-hybridized carbons (Fsp3) is 0.400. The Balaban J connectivity index is 1.52. The van der Waals surface area contributed by atoms with Crippen LogP contribution < -0.4 is 10.1 Å². The van der Waals surface area contributed by atoms with Crippen LogP contribution in [0.25, 0.3) is 22.0 Å². The molecule has 0 spiro atoms. The van der Waals surface area contributed by atoms with Crippen LogP contribution in [-0.2, 0) is 10.3 Å². The number of hydrogen-bond acceptors (Lipinski definition) is 5. The van der Waals surface area contributed by atoms with Crippen molar-refractivity contribution < 1.29 is 9.53 Å². The van der Waals surface area contributed by atoms with Gasteiger partial charge in [0, 0.05) is 35.1 Å². The molecular weight excluding hydrogens is 476 g/mol. The molecule has 1 aliphatic heterocycles. The van der Waals surface area contributed by atoms with E-state index in [1.807, 2.05) is 24.3 Å². The molecule has 38 heavy (non-hydrogen) atoms. The zero-order valence-corrected chi connectivity index (χ0v) is 22.6. The normalized spacial score (nSPS) is 17.9. The van der Waals surface area contributed by atoms with Crippen LogP contribution in [-0.4, -0.2) is 37.7 Å². The number of aromatic amines is 1. The number of carbonyl (C=O) groups excluding carboxylic acids is 1. The molecule has 2 aromatic carbocycles. The molecule has 198 valence electrons. The van der Waals surface area contributed by atoms with Gasteiger partial charge >= 0.3 is 0 Å². The number of nitrogens with one attached hydrogen (secondary N) is 2. The molecule has 8 nitrogen and oxygen atoms in total. The monoisotopic (exact) mass is 512 g/mol. The van der Waals surface area contributed by atoms with E-state index in [-0.39, 0.29) is 11.9 Å². The van der Waals surface area contributed by atoms with Gasteiger partial charge in [-0.25, -0.2) is 0 Å². The van der Waals surface area contributed by atoms with Crippen LogP contribution in [0.5, 0.6) is 5.75 Å². The molecule has 0 bridgehead atoms. The molecular formula is C30H36N6O2. The van der Waals surface area contributed by atoms with E-state index < -0.39 is 5.54 Å². The van der Waals surface area contributed by atoms with Crippen LogP contribution in [0.1, 0.15) is 82.8 Å². The van der Waals surface area contributed by atoms with Crippen molar-refractivity contribution in [2.75, 3.05) is 6.61 Å². The fourth-order valence-corrected chi connectivity index (χ4v) is 5.35. The SMILES string of the molecule is CCCCCCOc1ccc([C@]2(C)CC(c3cn(C(C)C)c4ccccc34)=C(c3nn[nH]n3)C(=O)N2)cc1. The highest BCUT2D eigenvalue weighted by Crippen LogP contribution is 2.43. The molecule has 1 atom stereocenters. The molecule has 3 heterocycles. The molecule has 0 saturated carbocycles. The fourth-order valence-electron chi connectivity index (χ4n) is 5.35. The lowest BCUT2D eigenvalue weighted by molar-refractivity contribution is -0.117.